The van der Waals surface area contributed by atoms with Gasteiger partial charge < -0.3 is 0 Å². The van der Waals surface area contributed by atoms with Crippen molar-refractivity contribution in [2.24, 2.45) is 0 Å². The average molecular weight is 174 g/mol. The minimum absolute atomic E-state index is 0.142. The topological polar surface area (TPSA) is 18.5 Å². The van der Waals surface area contributed by atoms with Gasteiger partial charge in [-0.1, -0.05) is 0 Å². The largest absolute Gasteiger partial charge is 0.236 e. The lowest BCUT2D eigenvalue weighted by molar-refractivity contribution is -0.385. The van der Waals surface area contributed by atoms with E-state index in [0.29, 0.717) is 0 Å². The Morgan fingerprint density at radius 2 is 1.91 bits per heavy atom. The van der Waals surface area contributed by atoms with Crippen molar-refractivity contribution in [3.63, 3.8) is 0 Å². The van der Waals surface area contributed by atoms with Crippen LogP contribution in [0, 0.1) is 0 Å². The monoisotopic (exact) mass is 174 g/mol. The van der Waals surface area contributed by atoms with Gasteiger partial charge >= 0.3 is 0 Å². The molecule has 0 saturated carbocycles. The van der Waals surface area contributed by atoms with Crippen LogP contribution < -0.4 is 0 Å². The second-order valence-corrected chi connectivity index (χ2v) is 4.94. The van der Waals surface area contributed by atoms with Crippen LogP contribution in [0.5, 0.6) is 0 Å². The zero-order valence-electron chi connectivity index (χ0n) is 6.77. The van der Waals surface area contributed by atoms with Gasteiger partial charge in [0.05, 0.1) is 6.61 Å². The van der Waals surface area contributed by atoms with Crippen molar-refractivity contribution in [1.82, 2.24) is 0 Å². The van der Waals surface area contributed by atoms with Crippen LogP contribution in [-0.4, -0.2) is 24.5 Å². The molecule has 2 saturated heterocycles. The van der Waals surface area contributed by atoms with E-state index < -0.39 is 0 Å². The van der Waals surface area contributed by atoms with Crippen molar-refractivity contribution in [3.8, 4) is 0 Å². The van der Waals surface area contributed by atoms with Crippen LogP contribution in [0.3, 0.4) is 0 Å². The molecule has 11 heavy (non-hydrogen) atoms. The van der Waals surface area contributed by atoms with Gasteiger partial charge in [0, 0.05) is 0 Å². The summed E-state index contributed by atoms with van der Waals surface area (Å²) in [7, 11) is 1.16. The SMILES string of the molecule is C1COOC2(C1)CCPCC2. The molecule has 0 bridgehead atoms. The normalized spacial score (nSPS) is 41.5. The molecule has 2 rings (SSSR count). The third-order valence-electron chi connectivity index (χ3n) is 2.61. The second-order valence-electron chi connectivity index (χ2n) is 3.44. The highest BCUT2D eigenvalue weighted by Crippen LogP contribution is 2.38. The van der Waals surface area contributed by atoms with Crippen molar-refractivity contribution in [2.45, 2.75) is 31.3 Å². The molecule has 2 fully saturated rings. The van der Waals surface area contributed by atoms with Crippen LogP contribution in [0.1, 0.15) is 25.7 Å². The highest BCUT2D eigenvalue weighted by Gasteiger charge is 2.36. The summed E-state index contributed by atoms with van der Waals surface area (Å²) in [6, 6.07) is 0. The van der Waals surface area contributed by atoms with E-state index in [1.165, 1.54) is 38.0 Å². The fourth-order valence-electron chi connectivity index (χ4n) is 1.88. The Morgan fingerprint density at radius 1 is 1.09 bits per heavy atom. The van der Waals surface area contributed by atoms with E-state index in [2.05, 4.69) is 0 Å². The highest BCUT2D eigenvalue weighted by molar-refractivity contribution is 7.38. The highest BCUT2D eigenvalue weighted by atomic mass is 31.1. The Hall–Kier alpha value is 0.350. The molecule has 3 heteroatoms. The minimum Gasteiger partial charge on any atom is -0.236 e. The maximum Gasteiger partial charge on any atom is 0.104 e. The number of hydrogen-bond donors (Lipinski definition) is 0. The quantitative estimate of drug-likeness (QED) is 0.412. The first-order valence-corrected chi connectivity index (χ1v) is 5.84. The lowest BCUT2D eigenvalue weighted by Gasteiger charge is -2.38. The van der Waals surface area contributed by atoms with Crippen LogP contribution >= 0.6 is 8.58 Å². The summed E-state index contributed by atoms with van der Waals surface area (Å²) in [6.45, 7) is 0.796. The van der Waals surface area contributed by atoms with Crippen molar-refractivity contribution in [1.29, 1.82) is 0 Å². The zero-order chi connectivity index (χ0) is 7.57. The first-order chi connectivity index (χ1) is 5.41. The molecule has 0 unspecified atom stereocenters. The first kappa shape index (κ1) is 7.97. The van der Waals surface area contributed by atoms with Crippen LogP contribution in [0.2, 0.25) is 0 Å². The van der Waals surface area contributed by atoms with E-state index >= 15 is 0 Å². The maximum absolute atomic E-state index is 5.41. The summed E-state index contributed by atoms with van der Waals surface area (Å²) >= 11 is 0. The fraction of sp³-hybridized carbons (Fsp3) is 1.00. The first-order valence-electron chi connectivity index (χ1n) is 4.43. The molecule has 0 aliphatic carbocycles. The van der Waals surface area contributed by atoms with Crippen molar-refractivity contribution in [2.75, 3.05) is 18.9 Å². The molecule has 2 nitrogen and oxygen atoms in total. The van der Waals surface area contributed by atoms with Crippen LogP contribution in [0.15, 0.2) is 0 Å². The Labute approximate surface area is 69.4 Å². The van der Waals surface area contributed by atoms with Gasteiger partial charge in [0.15, 0.2) is 0 Å². The summed E-state index contributed by atoms with van der Waals surface area (Å²) in [6.07, 6.45) is 7.56. The molecular weight excluding hydrogens is 159 g/mol. The fourth-order valence-corrected chi connectivity index (χ4v) is 3.39. The van der Waals surface area contributed by atoms with E-state index in [0.717, 1.165) is 15.2 Å². The third kappa shape index (κ3) is 1.74. The van der Waals surface area contributed by atoms with E-state index in [1.54, 1.807) is 0 Å². The molecular formula is C8H15O2P. The van der Waals surface area contributed by atoms with Crippen LogP contribution in [0.25, 0.3) is 0 Å². The van der Waals surface area contributed by atoms with Crippen molar-refractivity contribution >= 4 is 8.58 Å². The van der Waals surface area contributed by atoms with Gasteiger partial charge in [-0.15, -0.1) is 8.58 Å². The summed E-state index contributed by atoms with van der Waals surface area (Å²) in [5, 5.41) is 0. The molecule has 0 amide bonds. The summed E-state index contributed by atoms with van der Waals surface area (Å²) < 4.78 is 0. The second kappa shape index (κ2) is 3.38. The molecule has 2 aliphatic rings. The molecule has 2 heterocycles. The zero-order valence-corrected chi connectivity index (χ0v) is 7.77. The smallest absolute Gasteiger partial charge is 0.104 e. The predicted molar refractivity (Wildman–Crippen MR) is 46.3 cm³/mol. The molecule has 0 radical (unpaired) electrons. The Morgan fingerprint density at radius 3 is 2.55 bits per heavy atom. The average Bonchev–Trinajstić information content (AvgIpc) is 2.07. The van der Waals surface area contributed by atoms with E-state index in [1.807, 2.05) is 0 Å². The Kier molecular flexibility index (Phi) is 2.45. The van der Waals surface area contributed by atoms with E-state index in [4.69, 9.17) is 9.78 Å². The molecule has 0 aromatic heterocycles. The predicted octanol–water partition coefficient (Wildman–Crippen LogP) is 1.94. The third-order valence-corrected chi connectivity index (χ3v) is 3.82. The summed E-state index contributed by atoms with van der Waals surface area (Å²) in [5.74, 6) is 0. The standard InChI is InChI=1S/C8H15O2P/c1-2-8(10-9-5-1)3-6-11-7-4-8/h11H,1-7H2. The lowest BCUT2D eigenvalue weighted by atomic mass is 9.91. The van der Waals surface area contributed by atoms with Crippen LogP contribution in [-0.2, 0) is 9.78 Å². The van der Waals surface area contributed by atoms with Gasteiger partial charge in [-0.05, 0) is 38.0 Å². The van der Waals surface area contributed by atoms with Crippen LogP contribution in [0.4, 0.5) is 0 Å². The maximum atomic E-state index is 5.41. The molecule has 0 aromatic carbocycles. The van der Waals surface area contributed by atoms with Gasteiger partial charge in [0.25, 0.3) is 0 Å². The summed E-state index contributed by atoms with van der Waals surface area (Å²) in [5.41, 5.74) is 0.142. The minimum atomic E-state index is 0.142. The van der Waals surface area contributed by atoms with Gasteiger partial charge in [-0.25, -0.2) is 9.78 Å². The lowest BCUT2D eigenvalue weighted by Crippen LogP contribution is -2.39. The molecule has 64 valence electrons. The Balaban J connectivity index is 1.94. The molecule has 0 N–H and O–H groups in total. The van der Waals surface area contributed by atoms with Crippen molar-refractivity contribution in [3.05, 3.63) is 0 Å². The molecule has 0 aromatic rings. The van der Waals surface area contributed by atoms with Gasteiger partial charge in [0.1, 0.15) is 5.60 Å². The Bertz CT molecular complexity index is 107. The molecule has 1 spiro atoms. The van der Waals surface area contributed by atoms with E-state index in [-0.39, 0.29) is 5.60 Å². The van der Waals surface area contributed by atoms with Gasteiger partial charge in [-0.3, -0.25) is 0 Å². The number of hydrogen-bond acceptors (Lipinski definition) is 2. The number of rotatable bonds is 0. The summed E-state index contributed by atoms with van der Waals surface area (Å²) in [4.78, 5) is 10.5. The van der Waals surface area contributed by atoms with Crippen molar-refractivity contribution < 1.29 is 9.78 Å². The molecule has 0 atom stereocenters. The van der Waals surface area contributed by atoms with Gasteiger partial charge in [-0.2, -0.15) is 0 Å². The van der Waals surface area contributed by atoms with Gasteiger partial charge in [0.2, 0.25) is 0 Å². The molecule has 2 aliphatic heterocycles. The van der Waals surface area contributed by atoms with E-state index in [9.17, 15) is 0 Å².